The monoisotopic (exact) mass is 495 g/mol. The molecule has 2 aromatic carbocycles. The topological polar surface area (TPSA) is 73.7 Å². The smallest absolute Gasteiger partial charge is 0.262 e. The molecule has 2 aromatic heterocycles. The van der Waals surface area contributed by atoms with Crippen LogP contribution in [0.1, 0.15) is 5.56 Å². The number of carbonyl (C=O) groups is 1. The molecule has 0 fully saturated rings. The minimum absolute atomic E-state index is 0.0646. The summed E-state index contributed by atoms with van der Waals surface area (Å²) in [5.74, 6) is 1.37. The molecular weight excluding hydrogens is 470 g/mol. The Kier molecular flexibility index (Phi) is 7.23. The zero-order chi connectivity index (χ0) is 24.2. The summed E-state index contributed by atoms with van der Waals surface area (Å²) in [4.78, 5) is 33.7. The highest BCUT2D eigenvalue weighted by molar-refractivity contribution is 7.99. The average Bonchev–Trinajstić information content (AvgIpc) is 3.30. The molecule has 34 heavy (non-hydrogen) atoms. The van der Waals surface area contributed by atoms with Gasteiger partial charge in [-0.05, 0) is 29.3 Å². The normalized spacial score (nSPS) is 10.9. The number of hydrogen-bond acceptors (Lipinski definition) is 7. The fourth-order valence-corrected chi connectivity index (χ4v) is 5.49. The average molecular weight is 496 g/mol. The molecule has 7 nitrogen and oxygen atoms in total. The number of thiophene rings is 1. The zero-order valence-electron chi connectivity index (χ0n) is 19.4. The minimum atomic E-state index is -0.114. The van der Waals surface area contributed by atoms with E-state index in [-0.39, 0.29) is 17.2 Å². The van der Waals surface area contributed by atoms with Gasteiger partial charge in [0.2, 0.25) is 5.91 Å². The second-order valence-corrected chi connectivity index (χ2v) is 9.66. The van der Waals surface area contributed by atoms with Gasteiger partial charge in [-0.25, -0.2) is 4.98 Å². The molecule has 0 radical (unpaired) electrons. The number of fused-ring (bicyclic) bond motifs is 1. The van der Waals surface area contributed by atoms with Crippen LogP contribution < -0.4 is 15.0 Å². The molecule has 0 spiro atoms. The van der Waals surface area contributed by atoms with Gasteiger partial charge in [0.1, 0.15) is 4.83 Å². The van der Waals surface area contributed by atoms with E-state index < -0.39 is 0 Å². The van der Waals surface area contributed by atoms with E-state index in [0.29, 0.717) is 33.4 Å². The Hall–Kier alpha value is -3.30. The summed E-state index contributed by atoms with van der Waals surface area (Å²) < 4.78 is 12.1. The predicted molar refractivity (Wildman–Crippen MR) is 137 cm³/mol. The largest absolute Gasteiger partial charge is 0.493 e. The third-order valence-electron chi connectivity index (χ3n) is 5.41. The Morgan fingerprint density at radius 3 is 2.53 bits per heavy atom. The first-order valence-corrected chi connectivity index (χ1v) is 12.3. The summed E-state index contributed by atoms with van der Waals surface area (Å²) in [5, 5.41) is 1.11. The fraction of sp³-hybridized carbons (Fsp3) is 0.240. The van der Waals surface area contributed by atoms with Gasteiger partial charge in [-0.1, -0.05) is 48.2 Å². The number of nitrogens with zero attached hydrogens (tertiary/aromatic N) is 3. The lowest BCUT2D eigenvalue weighted by Gasteiger charge is -2.18. The van der Waals surface area contributed by atoms with E-state index in [2.05, 4.69) is 4.98 Å². The number of rotatable bonds is 8. The van der Waals surface area contributed by atoms with E-state index in [1.807, 2.05) is 54.6 Å². The second kappa shape index (κ2) is 10.3. The van der Waals surface area contributed by atoms with Crippen molar-refractivity contribution in [3.8, 4) is 21.9 Å². The molecule has 0 unspecified atom stereocenters. The first kappa shape index (κ1) is 23.8. The summed E-state index contributed by atoms with van der Waals surface area (Å²) in [7, 11) is 6.61. The molecular formula is C25H25N3O4S2. The van der Waals surface area contributed by atoms with Crippen LogP contribution in [0, 0.1) is 0 Å². The van der Waals surface area contributed by atoms with Crippen molar-refractivity contribution in [3.05, 3.63) is 70.5 Å². The molecule has 0 N–H and O–H groups in total. The number of methoxy groups -OCH3 is 2. The summed E-state index contributed by atoms with van der Waals surface area (Å²) in [6, 6.07) is 17.4. The van der Waals surface area contributed by atoms with Crippen molar-refractivity contribution in [2.45, 2.75) is 11.7 Å². The molecule has 4 aromatic rings. The summed E-state index contributed by atoms with van der Waals surface area (Å²) in [6.45, 7) is 0.427. The third kappa shape index (κ3) is 4.95. The quantitative estimate of drug-likeness (QED) is 0.266. The predicted octanol–water partition coefficient (Wildman–Crippen LogP) is 4.43. The summed E-state index contributed by atoms with van der Waals surface area (Å²) in [5.41, 5.74) is 1.86. The van der Waals surface area contributed by atoms with E-state index in [1.54, 1.807) is 33.2 Å². The van der Waals surface area contributed by atoms with Crippen molar-refractivity contribution in [1.82, 2.24) is 14.5 Å². The van der Waals surface area contributed by atoms with E-state index in [4.69, 9.17) is 9.47 Å². The van der Waals surface area contributed by atoms with Crippen LogP contribution in [0.3, 0.4) is 0 Å². The number of ether oxygens (including phenoxy) is 2. The Morgan fingerprint density at radius 2 is 1.82 bits per heavy atom. The Labute approximate surface area is 206 Å². The van der Waals surface area contributed by atoms with E-state index in [1.165, 1.54) is 27.7 Å². The number of hydrogen-bond donors (Lipinski definition) is 0. The molecule has 0 aliphatic carbocycles. The van der Waals surface area contributed by atoms with Crippen LogP contribution in [0.2, 0.25) is 0 Å². The number of carbonyl (C=O) groups excluding carboxylic acids is 1. The van der Waals surface area contributed by atoms with Crippen LogP contribution in [0.25, 0.3) is 20.7 Å². The summed E-state index contributed by atoms with van der Waals surface area (Å²) in [6.07, 6.45) is 0. The van der Waals surface area contributed by atoms with Gasteiger partial charge in [0.15, 0.2) is 16.7 Å². The van der Waals surface area contributed by atoms with Crippen molar-refractivity contribution in [1.29, 1.82) is 0 Å². The number of amides is 1. The van der Waals surface area contributed by atoms with Crippen LogP contribution in [-0.4, -0.2) is 47.4 Å². The van der Waals surface area contributed by atoms with E-state index in [0.717, 1.165) is 16.0 Å². The summed E-state index contributed by atoms with van der Waals surface area (Å²) >= 11 is 2.75. The number of benzene rings is 2. The highest BCUT2D eigenvalue weighted by Gasteiger charge is 2.16. The second-order valence-electron chi connectivity index (χ2n) is 7.68. The van der Waals surface area contributed by atoms with Gasteiger partial charge in [-0.3, -0.25) is 14.2 Å². The van der Waals surface area contributed by atoms with Gasteiger partial charge in [-0.15, -0.1) is 11.3 Å². The van der Waals surface area contributed by atoms with Crippen molar-refractivity contribution in [2.24, 2.45) is 7.05 Å². The lowest BCUT2D eigenvalue weighted by Crippen LogP contribution is -2.28. The van der Waals surface area contributed by atoms with Crippen LogP contribution >= 0.6 is 23.1 Å². The first-order chi connectivity index (χ1) is 16.4. The van der Waals surface area contributed by atoms with Gasteiger partial charge in [0.05, 0.1) is 25.4 Å². The molecule has 1 amide bonds. The van der Waals surface area contributed by atoms with Gasteiger partial charge < -0.3 is 14.4 Å². The molecule has 176 valence electrons. The highest BCUT2D eigenvalue weighted by Crippen LogP contribution is 2.32. The molecule has 9 heteroatoms. The number of aromatic nitrogens is 2. The lowest BCUT2D eigenvalue weighted by atomic mass is 10.2. The molecule has 0 aliphatic rings. The van der Waals surface area contributed by atoms with Gasteiger partial charge in [0.25, 0.3) is 5.56 Å². The van der Waals surface area contributed by atoms with Crippen LogP contribution in [0.5, 0.6) is 11.5 Å². The van der Waals surface area contributed by atoms with Gasteiger partial charge in [-0.2, -0.15) is 0 Å². The molecule has 0 saturated carbocycles. The van der Waals surface area contributed by atoms with Crippen molar-refractivity contribution in [3.63, 3.8) is 0 Å². The molecule has 4 rings (SSSR count). The van der Waals surface area contributed by atoms with Crippen LogP contribution in [0.4, 0.5) is 0 Å². The maximum atomic E-state index is 12.9. The molecule has 0 atom stereocenters. The van der Waals surface area contributed by atoms with E-state index in [9.17, 15) is 9.59 Å². The van der Waals surface area contributed by atoms with Crippen LogP contribution in [0.15, 0.2) is 64.5 Å². The van der Waals surface area contributed by atoms with Gasteiger partial charge in [0, 0.05) is 25.5 Å². The van der Waals surface area contributed by atoms with Crippen molar-refractivity contribution in [2.75, 3.05) is 27.0 Å². The highest BCUT2D eigenvalue weighted by atomic mass is 32.2. The standard InChI is InChI=1S/C25H25N3O4S2/c1-27(14-16-10-11-19(31-3)20(12-16)32-4)22(29)15-33-25-26-23-18(24(30)28(25)2)13-21(34-23)17-8-6-5-7-9-17/h5-13H,14-15H2,1-4H3. The number of thioether (sulfide) groups is 1. The molecule has 0 bridgehead atoms. The lowest BCUT2D eigenvalue weighted by molar-refractivity contribution is -0.127. The molecule has 0 aliphatic heterocycles. The van der Waals surface area contributed by atoms with Crippen molar-refractivity contribution >= 4 is 39.2 Å². The zero-order valence-corrected chi connectivity index (χ0v) is 21.0. The Balaban J connectivity index is 1.47. The van der Waals surface area contributed by atoms with Crippen molar-refractivity contribution < 1.29 is 14.3 Å². The Morgan fingerprint density at radius 1 is 1.09 bits per heavy atom. The molecule has 0 saturated heterocycles. The fourth-order valence-electron chi connectivity index (χ4n) is 3.50. The maximum absolute atomic E-state index is 12.9. The van der Waals surface area contributed by atoms with E-state index >= 15 is 0 Å². The third-order valence-corrected chi connectivity index (χ3v) is 7.50. The molecule has 2 heterocycles. The first-order valence-electron chi connectivity index (χ1n) is 10.5. The maximum Gasteiger partial charge on any atom is 0.262 e. The van der Waals surface area contributed by atoms with Crippen LogP contribution in [-0.2, 0) is 18.4 Å². The minimum Gasteiger partial charge on any atom is -0.493 e. The SMILES string of the molecule is COc1ccc(CN(C)C(=O)CSc2nc3sc(-c4ccccc4)cc3c(=O)n2C)cc1OC. The Bertz CT molecular complexity index is 1380. The van der Waals surface area contributed by atoms with Gasteiger partial charge >= 0.3 is 0 Å².